The van der Waals surface area contributed by atoms with Crippen LogP contribution in [0.5, 0.6) is 11.5 Å². The Morgan fingerprint density at radius 1 is 0.871 bits per heavy atom. The summed E-state index contributed by atoms with van der Waals surface area (Å²) in [7, 11) is 5.28. The number of fused-ring (bicyclic) bond motifs is 2. The molecule has 9 rings (SSSR count). The fraction of sp³-hybridized carbons (Fsp3) is 0.357. The number of phenolic OH excluding ortho intramolecular Hbond substituents is 1. The van der Waals surface area contributed by atoms with E-state index in [9.17, 15) is 15.2 Å². The SMILES string of the molecule is COC[C@@H]1Cc2ccccc2CN1C(=O)c1cc2c(cc1-c1cc(C(=O)N(c3ccc(O)cc3)c3cc(C#N)n(C)c3C)c(C)n1C)CCN(C(=O)Cc1ccc(OCCC3CCOCC3)cc1F)C2. The first-order chi connectivity index (χ1) is 33.8. The molecule has 1 saturated heterocycles. The van der Waals surface area contributed by atoms with E-state index in [-0.39, 0.29) is 48.0 Å². The van der Waals surface area contributed by atoms with Gasteiger partial charge in [0.05, 0.1) is 36.9 Å². The number of rotatable bonds is 13. The van der Waals surface area contributed by atoms with Gasteiger partial charge in [0.25, 0.3) is 11.8 Å². The third-order valence-corrected chi connectivity index (χ3v) is 14.6. The molecule has 70 heavy (non-hydrogen) atoms. The zero-order valence-corrected chi connectivity index (χ0v) is 40.5. The van der Waals surface area contributed by atoms with Crippen LogP contribution in [0.15, 0.2) is 91.0 Å². The maximum Gasteiger partial charge on any atom is 0.264 e. The Balaban J connectivity index is 1.05. The van der Waals surface area contributed by atoms with Gasteiger partial charge in [0.1, 0.15) is 29.1 Å². The highest BCUT2D eigenvalue weighted by molar-refractivity contribution is 6.13. The van der Waals surface area contributed by atoms with E-state index in [1.807, 2.05) is 66.8 Å². The maximum absolute atomic E-state index is 15.5. The van der Waals surface area contributed by atoms with E-state index in [2.05, 4.69) is 12.1 Å². The lowest BCUT2D eigenvalue weighted by Gasteiger charge is -2.37. The average molecular weight is 947 g/mol. The van der Waals surface area contributed by atoms with Crippen molar-refractivity contribution in [1.82, 2.24) is 18.9 Å². The van der Waals surface area contributed by atoms with Gasteiger partial charge in [0, 0.05) is 94.0 Å². The van der Waals surface area contributed by atoms with Crippen LogP contribution in [-0.4, -0.2) is 87.9 Å². The van der Waals surface area contributed by atoms with Crippen LogP contribution in [0.2, 0.25) is 0 Å². The fourth-order valence-electron chi connectivity index (χ4n) is 10.2. The number of ether oxygens (including phenoxy) is 3. The Bertz CT molecular complexity index is 3000. The highest BCUT2D eigenvalue weighted by atomic mass is 19.1. The predicted molar refractivity (Wildman–Crippen MR) is 264 cm³/mol. The van der Waals surface area contributed by atoms with Gasteiger partial charge < -0.3 is 38.3 Å². The van der Waals surface area contributed by atoms with E-state index >= 15 is 14.0 Å². The Morgan fingerprint density at radius 3 is 2.34 bits per heavy atom. The van der Waals surface area contributed by atoms with E-state index in [0.717, 1.165) is 54.7 Å². The maximum atomic E-state index is 15.5. The highest BCUT2D eigenvalue weighted by Gasteiger charge is 2.35. The zero-order chi connectivity index (χ0) is 49.2. The van der Waals surface area contributed by atoms with Crippen LogP contribution in [0.1, 0.15) is 84.9 Å². The minimum Gasteiger partial charge on any atom is -0.508 e. The first-order valence-electron chi connectivity index (χ1n) is 24.0. The van der Waals surface area contributed by atoms with Crippen molar-refractivity contribution in [1.29, 1.82) is 5.26 Å². The Morgan fingerprint density at radius 2 is 1.63 bits per heavy atom. The zero-order valence-electron chi connectivity index (χ0n) is 40.5. The number of aromatic nitrogens is 2. The molecule has 4 aromatic carbocycles. The van der Waals surface area contributed by atoms with Crippen LogP contribution in [0.3, 0.4) is 0 Å². The summed E-state index contributed by atoms with van der Waals surface area (Å²) in [5, 5.41) is 20.1. The lowest BCUT2D eigenvalue weighted by atomic mass is 9.89. The van der Waals surface area contributed by atoms with Gasteiger partial charge in [-0.3, -0.25) is 19.3 Å². The molecule has 5 heterocycles. The number of hydrogen-bond donors (Lipinski definition) is 1. The second kappa shape index (κ2) is 20.4. The number of aromatic hydroxyl groups is 1. The molecule has 0 unspecified atom stereocenters. The summed E-state index contributed by atoms with van der Waals surface area (Å²) < 4.78 is 36.2. The Hall–Kier alpha value is -7.21. The third kappa shape index (κ3) is 9.56. The van der Waals surface area contributed by atoms with Gasteiger partial charge in [-0.2, -0.15) is 5.26 Å². The number of amides is 3. The summed E-state index contributed by atoms with van der Waals surface area (Å²) >= 11 is 0. The van der Waals surface area contributed by atoms with Crippen LogP contribution >= 0.6 is 0 Å². The minimum absolute atomic E-state index is 0.0420. The number of benzene rings is 4. The van der Waals surface area contributed by atoms with Gasteiger partial charge in [-0.15, -0.1) is 0 Å². The standard InChI is InChI=1S/C56H59FN6O7/c1-35-48(56(67)63(43-11-13-46(64)14-12-43)52-28-44(31-58)59(3)36(52)2)30-53(60(35)4)49-25-39-16-20-61(54(65)27-40-10-15-47(29-51(40)57)70-23-19-37-17-21-69-22-18-37)32-42(39)26-50(49)55(66)62-33-41-9-7-6-8-38(41)24-45(62)34-68-5/h6-15,25-26,28-30,37,45,64H,16-24,27,32-34H2,1-5H3/t45-/m0/s1. The lowest BCUT2D eigenvalue weighted by molar-refractivity contribution is -0.131. The molecule has 0 saturated carbocycles. The first-order valence-corrected chi connectivity index (χ1v) is 24.0. The van der Waals surface area contributed by atoms with Crippen molar-refractivity contribution in [3.05, 3.63) is 153 Å². The van der Waals surface area contributed by atoms with Crippen molar-refractivity contribution in [2.24, 2.45) is 20.0 Å². The molecule has 1 atom stereocenters. The van der Waals surface area contributed by atoms with E-state index in [1.165, 1.54) is 18.2 Å². The summed E-state index contributed by atoms with van der Waals surface area (Å²) in [4.78, 5) is 49.6. The molecule has 362 valence electrons. The molecule has 3 aliphatic heterocycles. The summed E-state index contributed by atoms with van der Waals surface area (Å²) in [6, 6.07) is 28.5. The second-order valence-corrected chi connectivity index (χ2v) is 18.8. The van der Waals surface area contributed by atoms with Gasteiger partial charge in [-0.25, -0.2) is 4.39 Å². The van der Waals surface area contributed by atoms with Crippen molar-refractivity contribution in [2.45, 2.75) is 71.5 Å². The van der Waals surface area contributed by atoms with Gasteiger partial charge in [-0.1, -0.05) is 30.3 Å². The molecule has 6 aromatic rings. The number of phenols is 1. The van der Waals surface area contributed by atoms with E-state index in [0.29, 0.717) is 102 Å². The number of nitrogens with zero attached hydrogens (tertiary/aromatic N) is 6. The number of halogens is 1. The molecule has 1 fully saturated rings. The highest BCUT2D eigenvalue weighted by Crippen LogP contribution is 2.39. The minimum atomic E-state index is -0.492. The summed E-state index contributed by atoms with van der Waals surface area (Å²) in [6.07, 6.45) is 3.86. The molecule has 1 N–H and O–H groups in total. The quantitative estimate of drug-likeness (QED) is 0.121. The number of nitriles is 1. The van der Waals surface area contributed by atoms with E-state index in [4.69, 9.17) is 14.2 Å². The van der Waals surface area contributed by atoms with Crippen molar-refractivity contribution in [2.75, 3.05) is 45.0 Å². The monoisotopic (exact) mass is 946 g/mol. The molecule has 3 aliphatic rings. The molecule has 13 nitrogen and oxygen atoms in total. The Kier molecular flexibility index (Phi) is 13.9. The Labute approximate surface area is 408 Å². The van der Waals surface area contributed by atoms with Gasteiger partial charge in [0.2, 0.25) is 5.91 Å². The molecule has 14 heteroatoms. The molecule has 2 aromatic heterocycles. The number of methoxy groups -OCH3 is 1. The first kappa shape index (κ1) is 47.8. The summed E-state index contributed by atoms with van der Waals surface area (Å²) in [5.41, 5.74) is 9.08. The van der Waals surface area contributed by atoms with Crippen LogP contribution in [0.4, 0.5) is 15.8 Å². The number of anilines is 2. The summed E-state index contributed by atoms with van der Waals surface area (Å²) in [6.45, 7) is 7.03. The lowest BCUT2D eigenvalue weighted by Crippen LogP contribution is -2.47. The average Bonchev–Trinajstić information content (AvgIpc) is 3.83. The molecule has 0 radical (unpaired) electrons. The van der Waals surface area contributed by atoms with Crippen LogP contribution < -0.4 is 9.64 Å². The van der Waals surface area contributed by atoms with Crippen molar-refractivity contribution < 1.29 is 38.1 Å². The van der Waals surface area contributed by atoms with Crippen LogP contribution in [0, 0.1) is 36.9 Å². The van der Waals surface area contributed by atoms with Crippen molar-refractivity contribution in [3.63, 3.8) is 0 Å². The second-order valence-electron chi connectivity index (χ2n) is 18.8. The molecule has 0 aliphatic carbocycles. The number of carbonyl (C=O) groups excluding carboxylic acids is 3. The molecule has 3 amide bonds. The largest absolute Gasteiger partial charge is 0.508 e. The molecular weight excluding hydrogens is 888 g/mol. The fourth-order valence-corrected chi connectivity index (χ4v) is 10.2. The van der Waals surface area contributed by atoms with E-state index < -0.39 is 5.82 Å². The molecular formula is C56H59FN6O7. The van der Waals surface area contributed by atoms with E-state index in [1.54, 1.807) is 58.9 Å². The van der Waals surface area contributed by atoms with Crippen LogP contribution in [-0.2, 0) is 60.7 Å². The van der Waals surface area contributed by atoms with Gasteiger partial charge >= 0.3 is 0 Å². The third-order valence-electron chi connectivity index (χ3n) is 14.6. The predicted octanol–water partition coefficient (Wildman–Crippen LogP) is 8.88. The van der Waals surface area contributed by atoms with Crippen molar-refractivity contribution in [3.8, 4) is 28.8 Å². The topological polar surface area (TPSA) is 142 Å². The normalized spacial score (nSPS) is 15.8. The molecule has 0 bridgehead atoms. The molecule has 0 spiro atoms. The number of hydrogen-bond acceptors (Lipinski definition) is 8. The van der Waals surface area contributed by atoms with Crippen LogP contribution in [0.25, 0.3) is 11.3 Å². The smallest absolute Gasteiger partial charge is 0.264 e. The van der Waals surface area contributed by atoms with Gasteiger partial charge in [0.15, 0.2) is 0 Å². The van der Waals surface area contributed by atoms with Gasteiger partial charge in [-0.05, 0) is 134 Å². The number of carbonyl (C=O) groups is 3. The summed E-state index contributed by atoms with van der Waals surface area (Å²) in [5.74, 6) is -0.277. The van der Waals surface area contributed by atoms with Crippen molar-refractivity contribution >= 4 is 29.1 Å².